The second-order valence-corrected chi connectivity index (χ2v) is 5.60. The molecule has 0 aromatic heterocycles. The molecule has 0 saturated carbocycles. The molecule has 1 atom stereocenters. The zero-order valence-corrected chi connectivity index (χ0v) is 11.9. The summed E-state index contributed by atoms with van der Waals surface area (Å²) < 4.78 is 4.54. The fraction of sp³-hybridized carbons (Fsp3) is 0.385. The molecule has 0 aliphatic heterocycles. The topological polar surface area (TPSA) is 43.4 Å². The Balaban J connectivity index is 2.46. The third kappa shape index (κ3) is 4.70. The fourth-order valence-corrected chi connectivity index (χ4v) is 2.40. The van der Waals surface area contributed by atoms with Gasteiger partial charge in [-0.25, -0.2) is 0 Å². The van der Waals surface area contributed by atoms with E-state index in [1.54, 1.807) is 24.3 Å². The van der Waals surface area contributed by atoms with Crippen molar-refractivity contribution < 1.29 is 14.3 Å². The number of rotatable bonds is 6. The standard InChI is InChI=1S/C13H15ClO3S/c1-9(18-8-7-12(15)17-2)13(16)10-3-5-11(14)6-4-10/h3-6,9H,7-8H2,1-2H3/t9-/m1/s1. The van der Waals surface area contributed by atoms with Gasteiger partial charge in [-0.1, -0.05) is 11.6 Å². The van der Waals surface area contributed by atoms with Crippen LogP contribution in [0.5, 0.6) is 0 Å². The second kappa shape index (κ2) is 7.44. The number of carbonyl (C=O) groups excluding carboxylic acids is 2. The molecule has 0 saturated heterocycles. The van der Waals surface area contributed by atoms with Gasteiger partial charge in [0, 0.05) is 16.3 Å². The first kappa shape index (κ1) is 15.1. The van der Waals surface area contributed by atoms with Crippen molar-refractivity contribution in [3.05, 3.63) is 34.9 Å². The maximum atomic E-state index is 12.0. The highest BCUT2D eigenvalue weighted by Gasteiger charge is 2.15. The average molecular weight is 287 g/mol. The Labute approximate surface area is 116 Å². The van der Waals surface area contributed by atoms with Crippen LogP contribution in [0.3, 0.4) is 0 Å². The summed E-state index contributed by atoms with van der Waals surface area (Å²) in [4.78, 5) is 23.0. The number of methoxy groups -OCH3 is 1. The van der Waals surface area contributed by atoms with Gasteiger partial charge in [0.2, 0.25) is 0 Å². The molecule has 0 heterocycles. The highest BCUT2D eigenvalue weighted by atomic mass is 35.5. The van der Waals surface area contributed by atoms with Gasteiger partial charge < -0.3 is 4.74 Å². The van der Waals surface area contributed by atoms with Gasteiger partial charge in [0.15, 0.2) is 5.78 Å². The number of hydrogen-bond donors (Lipinski definition) is 0. The van der Waals surface area contributed by atoms with Gasteiger partial charge in [0.25, 0.3) is 0 Å². The lowest BCUT2D eigenvalue weighted by Crippen LogP contribution is -2.15. The summed E-state index contributed by atoms with van der Waals surface area (Å²) in [5.74, 6) is 0.364. The van der Waals surface area contributed by atoms with Crippen LogP contribution in [-0.4, -0.2) is 29.9 Å². The quantitative estimate of drug-likeness (QED) is 0.595. The van der Waals surface area contributed by atoms with Crippen LogP contribution in [-0.2, 0) is 9.53 Å². The number of benzene rings is 1. The summed E-state index contributed by atoms with van der Waals surface area (Å²) in [6, 6.07) is 6.81. The van der Waals surface area contributed by atoms with Gasteiger partial charge in [-0.15, -0.1) is 11.8 Å². The number of thioether (sulfide) groups is 1. The maximum Gasteiger partial charge on any atom is 0.306 e. The normalized spacial score (nSPS) is 11.9. The molecule has 1 aromatic carbocycles. The molecule has 1 rings (SSSR count). The van der Waals surface area contributed by atoms with E-state index in [-0.39, 0.29) is 17.0 Å². The summed E-state index contributed by atoms with van der Waals surface area (Å²) in [6.45, 7) is 1.83. The summed E-state index contributed by atoms with van der Waals surface area (Å²) in [5.41, 5.74) is 0.637. The third-order valence-electron chi connectivity index (χ3n) is 2.40. The van der Waals surface area contributed by atoms with Crippen molar-refractivity contribution in [3.63, 3.8) is 0 Å². The molecule has 0 spiro atoms. The molecule has 0 N–H and O–H groups in total. The van der Waals surface area contributed by atoms with E-state index in [2.05, 4.69) is 4.74 Å². The van der Waals surface area contributed by atoms with Crippen LogP contribution < -0.4 is 0 Å². The van der Waals surface area contributed by atoms with E-state index < -0.39 is 0 Å². The molecule has 1 aromatic rings. The smallest absolute Gasteiger partial charge is 0.306 e. The molecule has 0 bridgehead atoms. The van der Waals surface area contributed by atoms with Crippen LogP contribution in [0.2, 0.25) is 5.02 Å². The zero-order chi connectivity index (χ0) is 13.5. The van der Waals surface area contributed by atoms with Crippen LogP contribution in [0.25, 0.3) is 0 Å². The molecule has 0 fully saturated rings. The van der Waals surface area contributed by atoms with Crippen molar-refractivity contribution in [2.45, 2.75) is 18.6 Å². The van der Waals surface area contributed by atoms with Crippen LogP contribution in [0, 0.1) is 0 Å². The first-order valence-corrected chi connectivity index (χ1v) is 6.95. The third-order valence-corrected chi connectivity index (χ3v) is 3.81. The highest BCUT2D eigenvalue weighted by molar-refractivity contribution is 8.00. The molecule has 0 unspecified atom stereocenters. The molecule has 5 heteroatoms. The van der Waals surface area contributed by atoms with Crippen molar-refractivity contribution in [1.29, 1.82) is 0 Å². The van der Waals surface area contributed by atoms with Gasteiger partial charge in [-0.05, 0) is 31.2 Å². The Bertz CT molecular complexity index is 417. The van der Waals surface area contributed by atoms with E-state index in [0.717, 1.165) is 0 Å². The minimum absolute atomic E-state index is 0.0431. The predicted molar refractivity (Wildman–Crippen MR) is 74.3 cm³/mol. The van der Waals surface area contributed by atoms with Gasteiger partial charge in [-0.3, -0.25) is 9.59 Å². The Morgan fingerprint density at radius 1 is 1.33 bits per heavy atom. The van der Waals surface area contributed by atoms with Gasteiger partial charge >= 0.3 is 5.97 Å². The molecule has 0 aliphatic carbocycles. The number of ether oxygens (including phenoxy) is 1. The van der Waals surface area contributed by atoms with Crippen molar-refractivity contribution in [2.24, 2.45) is 0 Å². The molecule has 18 heavy (non-hydrogen) atoms. The first-order valence-electron chi connectivity index (χ1n) is 5.52. The number of esters is 1. The van der Waals surface area contributed by atoms with Crippen molar-refractivity contribution >= 4 is 35.1 Å². The number of hydrogen-bond acceptors (Lipinski definition) is 4. The van der Waals surface area contributed by atoms with Crippen LogP contribution >= 0.6 is 23.4 Å². The number of ketones is 1. The Morgan fingerprint density at radius 3 is 2.50 bits per heavy atom. The molecule has 98 valence electrons. The zero-order valence-electron chi connectivity index (χ0n) is 10.3. The van der Waals surface area contributed by atoms with E-state index in [0.29, 0.717) is 22.8 Å². The lowest BCUT2D eigenvalue weighted by atomic mass is 10.1. The summed E-state index contributed by atoms with van der Waals surface area (Å²) in [5, 5.41) is 0.424. The van der Waals surface area contributed by atoms with Gasteiger partial charge in [0.05, 0.1) is 18.8 Å². The van der Waals surface area contributed by atoms with Crippen molar-refractivity contribution in [3.8, 4) is 0 Å². The van der Waals surface area contributed by atoms with Gasteiger partial charge in [0.1, 0.15) is 0 Å². The predicted octanol–water partition coefficient (Wildman–Crippen LogP) is 3.21. The average Bonchev–Trinajstić information content (AvgIpc) is 2.38. The summed E-state index contributed by atoms with van der Waals surface area (Å²) in [7, 11) is 1.36. The van der Waals surface area contributed by atoms with Crippen LogP contribution in [0.4, 0.5) is 0 Å². The largest absolute Gasteiger partial charge is 0.469 e. The lowest BCUT2D eigenvalue weighted by molar-refractivity contribution is -0.140. The van der Waals surface area contributed by atoms with E-state index in [4.69, 9.17) is 11.6 Å². The second-order valence-electron chi connectivity index (χ2n) is 3.71. The number of Topliss-reactive ketones (excluding diaryl/α,β-unsaturated/α-hetero) is 1. The van der Waals surface area contributed by atoms with Crippen LogP contribution in [0.1, 0.15) is 23.7 Å². The SMILES string of the molecule is COC(=O)CCS[C@H](C)C(=O)c1ccc(Cl)cc1. The molecule has 0 radical (unpaired) electrons. The Morgan fingerprint density at radius 2 is 1.94 bits per heavy atom. The monoisotopic (exact) mass is 286 g/mol. The fourth-order valence-electron chi connectivity index (χ4n) is 1.35. The summed E-state index contributed by atoms with van der Waals surface area (Å²) in [6.07, 6.45) is 0.319. The Hall–Kier alpha value is -1.00. The van der Waals surface area contributed by atoms with E-state index in [1.165, 1.54) is 18.9 Å². The highest BCUT2D eigenvalue weighted by Crippen LogP contribution is 2.18. The lowest BCUT2D eigenvalue weighted by Gasteiger charge is -2.09. The van der Waals surface area contributed by atoms with E-state index >= 15 is 0 Å². The number of halogens is 1. The molecule has 0 amide bonds. The minimum atomic E-state index is -0.256. The van der Waals surface area contributed by atoms with Gasteiger partial charge in [-0.2, -0.15) is 0 Å². The first-order chi connectivity index (χ1) is 8.54. The maximum absolute atomic E-state index is 12.0. The molecule has 0 aliphatic rings. The Kier molecular flexibility index (Phi) is 6.22. The van der Waals surface area contributed by atoms with E-state index in [1.807, 2.05) is 6.92 Å². The number of carbonyl (C=O) groups is 2. The molecular formula is C13H15ClO3S. The minimum Gasteiger partial charge on any atom is -0.469 e. The molecule has 3 nitrogen and oxygen atoms in total. The van der Waals surface area contributed by atoms with Crippen molar-refractivity contribution in [2.75, 3.05) is 12.9 Å². The molecular weight excluding hydrogens is 272 g/mol. The van der Waals surface area contributed by atoms with E-state index in [9.17, 15) is 9.59 Å². The van der Waals surface area contributed by atoms with Crippen LogP contribution in [0.15, 0.2) is 24.3 Å². The summed E-state index contributed by atoms with van der Waals surface area (Å²) >= 11 is 7.21. The van der Waals surface area contributed by atoms with Crippen molar-refractivity contribution in [1.82, 2.24) is 0 Å².